The Morgan fingerprint density at radius 2 is 1.80 bits per heavy atom. The number of nitrogens with zero attached hydrogens (tertiary/aromatic N) is 1. The van der Waals surface area contributed by atoms with Crippen LogP contribution in [-0.4, -0.2) is 17.9 Å². The third-order valence-corrected chi connectivity index (χ3v) is 4.08. The van der Waals surface area contributed by atoms with Crippen molar-refractivity contribution < 1.29 is 4.79 Å². The molecule has 0 aromatic heterocycles. The third-order valence-electron chi connectivity index (χ3n) is 3.07. The van der Waals surface area contributed by atoms with E-state index in [2.05, 4.69) is 15.9 Å². The zero-order valence-electron chi connectivity index (χ0n) is 11.1. The van der Waals surface area contributed by atoms with Crippen LogP contribution in [0.3, 0.4) is 0 Å². The van der Waals surface area contributed by atoms with Gasteiger partial charge in [0, 0.05) is 29.5 Å². The van der Waals surface area contributed by atoms with Crippen molar-refractivity contribution in [2.24, 2.45) is 0 Å². The first-order chi connectivity index (χ1) is 9.61. The number of carbonyl (C=O) groups is 1. The summed E-state index contributed by atoms with van der Waals surface area (Å²) in [6, 6.07) is 15.2. The Balaban J connectivity index is 2.10. The summed E-state index contributed by atoms with van der Waals surface area (Å²) in [5, 5.41) is 1.47. The molecule has 1 amide bonds. The predicted octanol–water partition coefficient (Wildman–Crippen LogP) is 4.51. The summed E-state index contributed by atoms with van der Waals surface area (Å²) < 4.78 is 0. The summed E-state index contributed by atoms with van der Waals surface area (Å²) in [4.78, 5) is 14.0. The van der Waals surface area contributed by atoms with Gasteiger partial charge in [-0.25, -0.2) is 0 Å². The highest BCUT2D eigenvalue weighted by molar-refractivity contribution is 9.08. The maximum atomic E-state index is 12.3. The molecule has 104 valence electrons. The first-order valence-electron chi connectivity index (χ1n) is 6.25. The van der Waals surface area contributed by atoms with Crippen molar-refractivity contribution in [3.05, 3.63) is 70.2 Å². The van der Waals surface area contributed by atoms with E-state index in [1.807, 2.05) is 48.5 Å². The predicted molar refractivity (Wildman–Crippen MR) is 86.3 cm³/mol. The fourth-order valence-electron chi connectivity index (χ4n) is 1.91. The van der Waals surface area contributed by atoms with Crippen LogP contribution < -0.4 is 0 Å². The summed E-state index contributed by atoms with van der Waals surface area (Å²) in [5.41, 5.74) is 2.78. The Morgan fingerprint density at radius 3 is 2.40 bits per heavy atom. The van der Waals surface area contributed by atoms with E-state index in [1.54, 1.807) is 11.9 Å². The summed E-state index contributed by atoms with van der Waals surface area (Å²) in [6.45, 7) is 0.499. The van der Waals surface area contributed by atoms with Crippen LogP contribution in [0.1, 0.15) is 21.5 Å². The quantitative estimate of drug-likeness (QED) is 0.742. The Bertz CT molecular complexity index is 598. The molecule has 0 spiro atoms. The highest BCUT2D eigenvalue weighted by atomic mass is 79.9. The number of amides is 1. The van der Waals surface area contributed by atoms with Crippen LogP contribution in [0.4, 0.5) is 0 Å². The molecule has 2 aromatic carbocycles. The molecular weight excluding hydrogens is 338 g/mol. The van der Waals surface area contributed by atoms with Crippen molar-refractivity contribution in [1.82, 2.24) is 4.90 Å². The first-order valence-corrected chi connectivity index (χ1v) is 7.75. The molecule has 0 fully saturated rings. The molecule has 20 heavy (non-hydrogen) atoms. The molecule has 0 aliphatic rings. The lowest BCUT2D eigenvalue weighted by molar-refractivity contribution is 0.0785. The Kier molecular flexibility index (Phi) is 5.21. The molecular formula is C16H15BrClNO. The molecule has 2 rings (SSSR count). The monoisotopic (exact) mass is 351 g/mol. The average molecular weight is 353 g/mol. The molecule has 0 aliphatic carbocycles. The highest BCUT2D eigenvalue weighted by Crippen LogP contribution is 2.18. The molecule has 0 saturated carbocycles. The third kappa shape index (κ3) is 3.62. The van der Waals surface area contributed by atoms with Crippen molar-refractivity contribution in [2.45, 2.75) is 11.9 Å². The van der Waals surface area contributed by atoms with E-state index >= 15 is 0 Å². The van der Waals surface area contributed by atoms with Gasteiger partial charge in [-0.15, -0.1) is 0 Å². The number of hydrogen-bond acceptors (Lipinski definition) is 1. The van der Waals surface area contributed by atoms with Gasteiger partial charge in [-0.2, -0.15) is 0 Å². The van der Waals surface area contributed by atoms with Gasteiger partial charge in [0.25, 0.3) is 5.91 Å². The molecule has 0 bridgehead atoms. The van der Waals surface area contributed by atoms with E-state index in [9.17, 15) is 4.79 Å². The van der Waals surface area contributed by atoms with E-state index in [4.69, 9.17) is 11.6 Å². The van der Waals surface area contributed by atoms with Crippen LogP contribution in [-0.2, 0) is 11.9 Å². The van der Waals surface area contributed by atoms with Crippen LogP contribution in [0.2, 0.25) is 5.02 Å². The van der Waals surface area contributed by atoms with Gasteiger partial charge in [0.05, 0.1) is 0 Å². The molecule has 2 aromatic rings. The second kappa shape index (κ2) is 6.91. The fourth-order valence-corrected chi connectivity index (χ4v) is 2.48. The van der Waals surface area contributed by atoms with Gasteiger partial charge in [0.15, 0.2) is 0 Å². The van der Waals surface area contributed by atoms with E-state index in [0.29, 0.717) is 17.1 Å². The van der Waals surface area contributed by atoms with Gasteiger partial charge in [0.1, 0.15) is 0 Å². The SMILES string of the molecule is CN(Cc1ccccc1Cl)C(=O)c1ccc(CBr)cc1. The Labute approximate surface area is 132 Å². The lowest BCUT2D eigenvalue weighted by atomic mass is 10.1. The van der Waals surface area contributed by atoms with E-state index in [-0.39, 0.29) is 5.91 Å². The molecule has 0 heterocycles. The Morgan fingerprint density at radius 1 is 1.15 bits per heavy atom. The molecule has 0 saturated heterocycles. The summed E-state index contributed by atoms with van der Waals surface area (Å²) in [7, 11) is 1.78. The topological polar surface area (TPSA) is 20.3 Å². The number of rotatable bonds is 4. The van der Waals surface area contributed by atoms with E-state index < -0.39 is 0 Å². The largest absolute Gasteiger partial charge is 0.337 e. The minimum Gasteiger partial charge on any atom is -0.337 e. The minimum atomic E-state index is -0.00829. The van der Waals surface area contributed by atoms with Crippen molar-refractivity contribution in [3.8, 4) is 0 Å². The van der Waals surface area contributed by atoms with Gasteiger partial charge in [-0.1, -0.05) is 57.9 Å². The van der Waals surface area contributed by atoms with Crippen LogP contribution in [0.5, 0.6) is 0 Å². The van der Waals surface area contributed by atoms with Crippen molar-refractivity contribution in [2.75, 3.05) is 7.05 Å². The number of alkyl halides is 1. The molecule has 0 radical (unpaired) electrons. The lowest BCUT2D eigenvalue weighted by Gasteiger charge is -2.18. The van der Waals surface area contributed by atoms with Gasteiger partial charge < -0.3 is 4.90 Å². The van der Waals surface area contributed by atoms with E-state index in [0.717, 1.165) is 16.5 Å². The van der Waals surface area contributed by atoms with Crippen LogP contribution in [0.25, 0.3) is 0 Å². The summed E-state index contributed by atoms with van der Waals surface area (Å²) in [5.74, 6) is -0.00829. The summed E-state index contributed by atoms with van der Waals surface area (Å²) >= 11 is 9.51. The minimum absolute atomic E-state index is 0.00829. The number of benzene rings is 2. The van der Waals surface area contributed by atoms with Crippen molar-refractivity contribution >= 4 is 33.4 Å². The maximum absolute atomic E-state index is 12.3. The normalized spacial score (nSPS) is 10.3. The van der Waals surface area contributed by atoms with Crippen molar-refractivity contribution in [1.29, 1.82) is 0 Å². The molecule has 0 aliphatic heterocycles. The number of halogens is 2. The second-order valence-corrected chi connectivity index (χ2v) is 5.55. The number of carbonyl (C=O) groups excluding carboxylic acids is 1. The van der Waals surface area contributed by atoms with Crippen LogP contribution >= 0.6 is 27.5 Å². The maximum Gasteiger partial charge on any atom is 0.253 e. The number of hydrogen-bond donors (Lipinski definition) is 0. The fraction of sp³-hybridized carbons (Fsp3) is 0.188. The average Bonchev–Trinajstić information content (AvgIpc) is 2.49. The smallest absolute Gasteiger partial charge is 0.253 e. The summed E-state index contributed by atoms with van der Waals surface area (Å²) in [6.07, 6.45) is 0. The molecule has 0 N–H and O–H groups in total. The zero-order valence-corrected chi connectivity index (χ0v) is 13.5. The first kappa shape index (κ1) is 15.1. The molecule has 0 atom stereocenters. The standard InChI is InChI=1S/C16H15BrClNO/c1-19(11-14-4-2-3-5-15(14)18)16(20)13-8-6-12(10-17)7-9-13/h2-9H,10-11H2,1H3. The van der Waals surface area contributed by atoms with Gasteiger partial charge in [0.2, 0.25) is 0 Å². The van der Waals surface area contributed by atoms with E-state index in [1.165, 1.54) is 0 Å². The second-order valence-electron chi connectivity index (χ2n) is 4.58. The van der Waals surface area contributed by atoms with Crippen LogP contribution in [0.15, 0.2) is 48.5 Å². The van der Waals surface area contributed by atoms with Gasteiger partial charge >= 0.3 is 0 Å². The Hall–Kier alpha value is -1.32. The molecule has 0 unspecified atom stereocenters. The highest BCUT2D eigenvalue weighted by Gasteiger charge is 2.13. The van der Waals surface area contributed by atoms with Gasteiger partial charge in [-0.3, -0.25) is 4.79 Å². The molecule has 4 heteroatoms. The van der Waals surface area contributed by atoms with Gasteiger partial charge in [-0.05, 0) is 29.3 Å². The molecule has 2 nitrogen and oxygen atoms in total. The lowest BCUT2D eigenvalue weighted by Crippen LogP contribution is -2.26. The van der Waals surface area contributed by atoms with Crippen molar-refractivity contribution in [3.63, 3.8) is 0 Å². The zero-order chi connectivity index (χ0) is 14.5. The van der Waals surface area contributed by atoms with Crippen LogP contribution in [0, 0.1) is 0 Å².